The number of ether oxygens (including phenoxy) is 2. The summed E-state index contributed by atoms with van der Waals surface area (Å²) in [5.74, 6) is -1.86. The Morgan fingerprint density at radius 2 is 1.69 bits per heavy atom. The third-order valence-corrected chi connectivity index (χ3v) is 13.3. The van der Waals surface area contributed by atoms with Gasteiger partial charge in [0.15, 0.2) is 46.8 Å². The zero-order valence-electron chi connectivity index (χ0n) is 32.3. The number of H-pyrrole nitrogens is 1. The third-order valence-electron chi connectivity index (χ3n) is 9.61. The standard InChI is InChI=1S/C34H37F2N11O12P2S/c1-16(2)29(49)44-34-43-28-23(31(51)45-34)41-15-47(28)33-25(60(52,53)54)20(35)19(58-33)12-56-61(62,55-10-6-9-37)59-24-18(11-48)57-32(21(24)36)46-14-40-22-26(38-13-39-27(22)46)42-30(50)17-7-4-3-5-8-17/h3-5,7-8,13-16,18-21,24-25,32-33,48H,6,10-12H2,1-2H3,(H2,52,53,54)(H,38,39,42,50)(H2,43,44,45,49,51)/t18-,19-,20-,21+,24-,25-,32-,33-,61?/m1/s1. The number of hydrogen-bond donors (Lipinski definition) is 6. The van der Waals surface area contributed by atoms with E-state index < -0.39 is 106 Å². The Balaban J connectivity index is 1.12. The highest BCUT2D eigenvalue weighted by molar-refractivity contribution is 8.07. The lowest BCUT2D eigenvalue weighted by atomic mass is 10.1. The molecule has 28 heteroatoms. The summed E-state index contributed by atoms with van der Waals surface area (Å²) >= 11 is 5.57. The molecule has 6 heterocycles. The van der Waals surface area contributed by atoms with E-state index in [9.17, 15) is 39.1 Å². The predicted octanol–water partition coefficient (Wildman–Crippen LogP) is 2.37. The normalized spacial score (nSPS) is 25.0. The number of hydrogen-bond acceptors (Lipinski definition) is 17. The van der Waals surface area contributed by atoms with E-state index in [4.69, 9.17) is 34.9 Å². The molecule has 7 rings (SSSR count). The molecule has 2 aliphatic heterocycles. The molecule has 62 heavy (non-hydrogen) atoms. The summed E-state index contributed by atoms with van der Waals surface area (Å²) in [7, 11) is -5.38. The van der Waals surface area contributed by atoms with E-state index in [1.165, 1.54) is 10.9 Å². The first kappa shape index (κ1) is 45.0. The van der Waals surface area contributed by atoms with Crippen molar-refractivity contribution in [3.63, 3.8) is 0 Å². The average molecular weight is 924 g/mol. The Labute approximate surface area is 353 Å². The highest BCUT2D eigenvalue weighted by Crippen LogP contribution is 2.57. The van der Waals surface area contributed by atoms with E-state index in [0.29, 0.717) is 5.56 Å². The number of amides is 2. The molecule has 9 atom stereocenters. The maximum Gasteiger partial charge on any atom is 0.336 e. The Hall–Kier alpha value is -5.03. The fraction of sp³-hybridized carbons (Fsp3) is 0.441. The summed E-state index contributed by atoms with van der Waals surface area (Å²) < 4.78 is 76.6. The molecule has 2 aliphatic rings. The topological polar surface area (TPSA) is 313 Å². The monoisotopic (exact) mass is 923 g/mol. The van der Waals surface area contributed by atoms with Crippen LogP contribution in [0.3, 0.4) is 0 Å². The summed E-state index contributed by atoms with van der Waals surface area (Å²) in [5.41, 5.74) is -3.27. The number of alkyl halides is 2. The van der Waals surface area contributed by atoms with E-state index in [0.717, 1.165) is 17.2 Å². The van der Waals surface area contributed by atoms with Gasteiger partial charge >= 0.3 is 14.3 Å². The second-order valence-electron chi connectivity index (χ2n) is 14.1. The molecule has 4 aromatic heterocycles. The number of aromatic amines is 1. The van der Waals surface area contributed by atoms with Crippen LogP contribution in [-0.2, 0) is 44.2 Å². The average Bonchev–Trinajstić information content (AvgIpc) is 4.01. The van der Waals surface area contributed by atoms with Gasteiger partial charge in [0, 0.05) is 11.5 Å². The van der Waals surface area contributed by atoms with Gasteiger partial charge in [-0.25, -0.2) is 28.7 Å². The molecule has 2 fully saturated rings. The van der Waals surface area contributed by atoms with Gasteiger partial charge in [-0.05, 0) is 23.9 Å². The van der Waals surface area contributed by atoms with Gasteiger partial charge < -0.3 is 38.7 Å². The van der Waals surface area contributed by atoms with Gasteiger partial charge in [0.05, 0.1) is 45.0 Å². The number of nitrogens with one attached hydrogen (secondary N) is 3. The van der Waals surface area contributed by atoms with E-state index in [1.807, 2.05) is 6.07 Å². The van der Waals surface area contributed by atoms with Crippen molar-refractivity contribution in [2.45, 2.75) is 69.0 Å². The second-order valence-corrected chi connectivity index (χ2v) is 18.8. The van der Waals surface area contributed by atoms with Crippen molar-refractivity contribution in [1.29, 1.82) is 5.26 Å². The third kappa shape index (κ3) is 9.19. The first-order valence-electron chi connectivity index (χ1n) is 18.5. The fourth-order valence-corrected chi connectivity index (χ4v) is 9.77. The lowest BCUT2D eigenvalue weighted by Crippen LogP contribution is -2.34. The molecule has 23 nitrogen and oxygen atoms in total. The summed E-state index contributed by atoms with van der Waals surface area (Å²) in [6.07, 6.45) is -10.1. The zero-order valence-corrected chi connectivity index (χ0v) is 34.9. The number of imidazole rings is 2. The molecular weight excluding hydrogens is 886 g/mol. The number of aliphatic hydroxyl groups is 1. The van der Waals surface area contributed by atoms with Crippen LogP contribution in [-0.4, -0.2) is 122 Å². The van der Waals surface area contributed by atoms with Crippen molar-refractivity contribution < 1.29 is 60.9 Å². The molecule has 330 valence electrons. The number of benzene rings is 1. The number of aromatic nitrogens is 8. The van der Waals surface area contributed by atoms with Crippen LogP contribution in [0.5, 0.6) is 0 Å². The zero-order chi connectivity index (χ0) is 44.5. The van der Waals surface area contributed by atoms with E-state index >= 15 is 8.78 Å². The van der Waals surface area contributed by atoms with E-state index in [-0.39, 0.29) is 40.5 Å². The molecule has 1 unspecified atom stereocenters. The number of anilines is 2. The molecule has 2 amide bonds. The van der Waals surface area contributed by atoms with Crippen LogP contribution in [0.4, 0.5) is 20.5 Å². The molecule has 0 spiro atoms. The SMILES string of the molecule is CC(C)C(=O)Nc1nc2c(ncn2[C@@H]2O[C@H](COP(=S)(OCCC#N)O[C@H]3[C@H](F)[C@H](n4cnc5c(NC(=O)c6ccccc6)ncnc54)O[C@@H]3CO)[C@@H](F)[C@H]2P(=O)(O)O)c(=O)[nH]1. The van der Waals surface area contributed by atoms with Gasteiger partial charge in [0.25, 0.3) is 11.5 Å². The minimum Gasteiger partial charge on any atom is -0.394 e. The number of fused-ring (bicyclic) bond motifs is 2. The first-order valence-corrected chi connectivity index (χ1v) is 22.8. The molecular formula is C34H37F2N11O12P2S. The van der Waals surface area contributed by atoms with Gasteiger partial charge in [-0.15, -0.1) is 0 Å². The van der Waals surface area contributed by atoms with Gasteiger partial charge in [0.2, 0.25) is 11.9 Å². The molecule has 1 aromatic carbocycles. The highest BCUT2D eigenvalue weighted by atomic mass is 32.5. The first-order chi connectivity index (χ1) is 29.5. The molecule has 5 aromatic rings. The van der Waals surface area contributed by atoms with Crippen molar-refractivity contribution in [1.82, 2.24) is 39.0 Å². The van der Waals surface area contributed by atoms with Gasteiger partial charge in [0.1, 0.15) is 36.5 Å². The van der Waals surface area contributed by atoms with Crippen molar-refractivity contribution >= 4 is 72.0 Å². The molecule has 2 saturated heterocycles. The highest BCUT2D eigenvalue weighted by Gasteiger charge is 2.56. The minimum absolute atomic E-state index is 0.00636. The number of halogens is 2. The molecule has 0 bridgehead atoms. The van der Waals surface area contributed by atoms with Crippen LogP contribution in [0, 0.1) is 17.2 Å². The Morgan fingerprint density at radius 3 is 2.37 bits per heavy atom. The molecule has 0 radical (unpaired) electrons. The van der Waals surface area contributed by atoms with Gasteiger partial charge in [-0.2, -0.15) is 10.2 Å². The van der Waals surface area contributed by atoms with Gasteiger partial charge in [-0.1, -0.05) is 32.0 Å². The van der Waals surface area contributed by atoms with Crippen molar-refractivity contribution in [3.8, 4) is 6.07 Å². The minimum atomic E-state index is -5.38. The van der Waals surface area contributed by atoms with E-state index in [2.05, 4.69) is 40.5 Å². The van der Waals surface area contributed by atoms with Crippen LogP contribution in [0.1, 0.15) is 43.1 Å². The maximum absolute atomic E-state index is 16.6. The van der Waals surface area contributed by atoms with E-state index in [1.54, 1.807) is 44.2 Å². The van der Waals surface area contributed by atoms with Crippen molar-refractivity contribution in [2.75, 3.05) is 30.5 Å². The largest absolute Gasteiger partial charge is 0.394 e. The lowest BCUT2D eigenvalue weighted by Gasteiger charge is -2.28. The van der Waals surface area contributed by atoms with Crippen molar-refractivity contribution in [3.05, 3.63) is 65.2 Å². The number of rotatable bonds is 16. The van der Waals surface area contributed by atoms with Crippen LogP contribution in [0.2, 0.25) is 0 Å². The maximum atomic E-state index is 16.6. The number of carbonyl (C=O) groups is 2. The molecule has 6 N–H and O–H groups in total. The Kier molecular flexibility index (Phi) is 13.3. The summed E-state index contributed by atoms with van der Waals surface area (Å²) in [6.45, 7) is -3.27. The molecule has 0 aliphatic carbocycles. The fourth-order valence-electron chi connectivity index (χ4n) is 6.56. The number of nitriles is 1. The van der Waals surface area contributed by atoms with Crippen LogP contribution in [0.15, 0.2) is 54.1 Å². The quantitative estimate of drug-likeness (QED) is 0.0611. The summed E-state index contributed by atoms with van der Waals surface area (Å²) in [4.78, 5) is 81.6. The number of aliphatic hydroxyl groups excluding tert-OH is 1. The van der Waals surface area contributed by atoms with Crippen LogP contribution >= 0.6 is 14.3 Å². The predicted molar refractivity (Wildman–Crippen MR) is 213 cm³/mol. The smallest absolute Gasteiger partial charge is 0.336 e. The van der Waals surface area contributed by atoms with Crippen molar-refractivity contribution in [2.24, 2.45) is 5.92 Å². The van der Waals surface area contributed by atoms with Gasteiger partial charge in [-0.3, -0.25) is 42.9 Å². The molecule has 0 saturated carbocycles. The lowest BCUT2D eigenvalue weighted by molar-refractivity contribution is -0.118. The van der Waals surface area contributed by atoms with Crippen LogP contribution < -0.4 is 16.2 Å². The Bertz CT molecular complexity index is 2660. The number of nitrogens with zero attached hydrogens (tertiary/aromatic N) is 8. The summed E-state index contributed by atoms with van der Waals surface area (Å²) in [5, 5.41) is 24.5. The van der Waals surface area contributed by atoms with Crippen LogP contribution in [0.25, 0.3) is 22.3 Å². The second kappa shape index (κ2) is 18.4. The Morgan fingerprint density at radius 1 is 1.00 bits per heavy atom. The summed E-state index contributed by atoms with van der Waals surface area (Å²) in [6, 6.07) is 10.1. The number of carbonyl (C=O) groups excluding carboxylic acids is 2.